The lowest BCUT2D eigenvalue weighted by Crippen LogP contribution is -2.12. The van der Waals surface area contributed by atoms with Crippen molar-refractivity contribution in [3.05, 3.63) is 57.5 Å². The van der Waals surface area contributed by atoms with E-state index >= 15 is 0 Å². The van der Waals surface area contributed by atoms with Gasteiger partial charge in [0, 0.05) is 15.3 Å². The van der Waals surface area contributed by atoms with Gasteiger partial charge in [0.2, 0.25) is 0 Å². The standard InChI is InChI=1S/C15H18FNS/c1-15(2,3)13-9-8-12(18-13)14(17)10-6-4-5-7-11(10)16/h4-9,14H,17H2,1-3H3. The van der Waals surface area contributed by atoms with Crippen LogP contribution in [0.3, 0.4) is 0 Å². The van der Waals surface area contributed by atoms with Gasteiger partial charge in [0.1, 0.15) is 5.82 Å². The van der Waals surface area contributed by atoms with Crippen LogP contribution in [-0.4, -0.2) is 0 Å². The van der Waals surface area contributed by atoms with Crippen molar-refractivity contribution < 1.29 is 4.39 Å². The normalized spacial score (nSPS) is 13.6. The molecule has 1 aromatic heterocycles. The van der Waals surface area contributed by atoms with Gasteiger partial charge in [-0.25, -0.2) is 4.39 Å². The number of benzene rings is 1. The molecule has 96 valence electrons. The zero-order valence-corrected chi connectivity index (χ0v) is 11.7. The highest BCUT2D eigenvalue weighted by Gasteiger charge is 2.20. The van der Waals surface area contributed by atoms with Gasteiger partial charge < -0.3 is 5.73 Å². The average molecular weight is 263 g/mol. The Morgan fingerprint density at radius 2 is 1.78 bits per heavy atom. The largest absolute Gasteiger partial charge is 0.320 e. The van der Waals surface area contributed by atoms with Crippen molar-refractivity contribution in [2.75, 3.05) is 0 Å². The van der Waals surface area contributed by atoms with Crippen molar-refractivity contribution in [3.8, 4) is 0 Å². The Kier molecular flexibility index (Phi) is 3.55. The van der Waals surface area contributed by atoms with Crippen LogP contribution in [0.2, 0.25) is 0 Å². The van der Waals surface area contributed by atoms with E-state index in [1.54, 1.807) is 23.5 Å². The molecule has 0 spiro atoms. The lowest BCUT2D eigenvalue weighted by Gasteiger charge is -2.16. The van der Waals surface area contributed by atoms with Crippen molar-refractivity contribution in [1.82, 2.24) is 0 Å². The first-order chi connectivity index (χ1) is 8.39. The van der Waals surface area contributed by atoms with Crippen LogP contribution < -0.4 is 5.73 Å². The molecule has 18 heavy (non-hydrogen) atoms. The van der Waals surface area contributed by atoms with Gasteiger partial charge in [-0.15, -0.1) is 11.3 Å². The fourth-order valence-electron chi connectivity index (χ4n) is 1.80. The Morgan fingerprint density at radius 3 is 2.33 bits per heavy atom. The molecule has 2 aromatic rings. The van der Waals surface area contributed by atoms with Gasteiger partial charge >= 0.3 is 0 Å². The Labute approximate surface area is 111 Å². The minimum Gasteiger partial charge on any atom is -0.320 e. The number of thiophene rings is 1. The molecule has 1 nitrogen and oxygen atoms in total. The second kappa shape index (κ2) is 4.82. The molecule has 1 atom stereocenters. The summed E-state index contributed by atoms with van der Waals surface area (Å²) < 4.78 is 13.7. The minimum absolute atomic E-state index is 0.109. The third kappa shape index (κ3) is 2.62. The molecule has 2 N–H and O–H groups in total. The van der Waals surface area contributed by atoms with Crippen molar-refractivity contribution >= 4 is 11.3 Å². The quantitative estimate of drug-likeness (QED) is 0.862. The van der Waals surface area contributed by atoms with Gasteiger partial charge in [0.05, 0.1) is 6.04 Å². The number of hydrogen-bond acceptors (Lipinski definition) is 2. The van der Waals surface area contributed by atoms with E-state index in [1.807, 2.05) is 12.1 Å². The summed E-state index contributed by atoms with van der Waals surface area (Å²) in [5.74, 6) is -0.240. The average Bonchev–Trinajstić information content (AvgIpc) is 2.77. The highest BCUT2D eigenvalue weighted by Crippen LogP contribution is 2.34. The summed E-state index contributed by atoms with van der Waals surface area (Å²) in [6.45, 7) is 6.49. The van der Waals surface area contributed by atoms with Crippen LogP contribution in [0.25, 0.3) is 0 Å². The molecule has 1 aromatic carbocycles. The summed E-state index contributed by atoms with van der Waals surface area (Å²) in [5.41, 5.74) is 6.81. The maximum absolute atomic E-state index is 13.7. The smallest absolute Gasteiger partial charge is 0.128 e. The molecule has 0 aliphatic rings. The summed E-state index contributed by atoms with van der Waals surface area (Å²) in [5, 5.41) is 0. The summed E-state index contributed by atoms with van der Waals surface area (Å²) >= 11 is 1.66. The molecule has 0 aliphatic carbocycles. The second-order valence-electron chi connectivity index (χ2n) is 5.45. The van der Waals surface area contributed by atoms with Crippen molar-refractivity contribution in [3.63, 3.8) is 0 Å². The zero-order valence-electron chi connectivity index (χ0n) is 10.9. The number of hydrogen-bond donors (Lipinski definition) is 1. The molecule has 0 radical (unpaired) electrons. The first kappa shape index (κ1) is 13.2. The summed E-state index contributed by atoms with van der Waals surface area (Å²) in [6.07, 6.45) is 0. The Balaban J connectivity index is 2.33. The maximum atomic E-state index is 13.7. The molecule has 0 saturated heterocycles. The third-order valence-electron chi connectivity index (χ3n) is 2.91. The number of halogens is 1. The molecule has 0 aliphatic heterocycles. The molecule has 2 rings (SSSR count). The van der Waals surface area contributed by atoms with E-state index in [-0.39, 0.29) is 17.3 Å². The number of rotatable bonds is 2. The van der Waals surface area contributed by atoms with Crippen LogP contribution in [0.4, 0.5) is 4.39 Å². The fraction of sp³-hybridized carbons (Fsp3) is 0.333. The number of nitrogens with two attached hydrogens (primary N) is 1. The maximum Gasteiger partial charge on any atom is 0.128 e. The van der Waals surface area contributed by atoms with Crippen LogP contribution >= 0.6 is 11.3 Å². The van der Waals surface area contributed by atoms with E-state index < -0.39 is 0 Å². The van der Waals surface area contributed by atoms with Crippen LogP contribution in [0, 0.1) is 5.82 Å². The van der Waals surface area contributed by atoms with Gasteiger partial charge in [-0.1, -0.05) is 39.0 Å². The molecule has 1 unspecified atom stereocenters. The van der Waals surface area contributed by atoms with Crippen molar-refractivity contribution in [2.24, 2.45) is 5.73 Å². The SMILES string of the molecule is CC(C)(C)c1ccc(C(N)c2ccccc2F)s1. The fourth-order valence-corrected chi connectivity index (χ4v) is 2.89. The first-order valence-corrected chi connectivity index (χ1v) is 6.81. The molecule has 0 fully saturated rings. The highest BCUT2D eigenvalue weighted by molar-refractivity contribution is 7.12. The van der Waals surface area contributed by atoms with Gasteiger partial charge in [-0.3, -0.25) is 0 Å². The van der Waals surface area contributed by atoms with Crippen LogP contribution in [0.15, 0.2) is 36.4 Å². The van der Waals surface area contributed by atoms with Crippen LogP contribution in [0.1, 0.15) is 42.1 Å². The predicted molar refractivity (Wildman–Crippen MR) is 75.4 cm³/mol. The minimum atomic E-state index is -0.382. The van der Waals surface area contributed by atoms with Gasteiger partial charge in [-0.05, 0) is 23.6 Å². The van der Waals surface area contributed by atoms with Crippen LogP contribution in [0.5, 0.6) is 0 Å². The van der Waals surface area contributed by atoms with E-state index in [2.05, 4.69) is 26.8 Å². The summed E-state index contributed by atoms with van der Waals surface area (Å²) in [6, 6.07) is 10.4. The summed E-state index contributed by atoms with van der Waals surface area (Å²) in [4.78, 5) is 2.27. The molecule has 0 bridgehead atoms. The van der Waals surface area contributed by atoms with Crippen molar-refractivity contribution in [1.29, 1.82) is 0 Å². The highest BCUT2D eigenvalue weighted by atomic mass is 32.1. The van der Waals surface area contributed by atoms with E-state index in [9.17, 15) is 4.39 Å². The summed E-state index contributed by atoms with van der Waals surface area (Å²) in [7, 11) is 0. The van der Waals surface area contributed by atoms with Crippen molar-refractivity contribution in [2.45, 2.75) is 32.2 Å². The lowest BCUT2D eigenvalue weighted by atomic mass is 9.95. The molecular formula is C15H18FNS. The molecule has 0 amide bonds. The Morgan fingerprint density at radius 1 is 1.11 bits per heavy atom. The van der Waals surface area contributed by atoms with Crippen LogP contribution in [-0.2, 0) is 5.41 Å². The molecule has 1 heterocycles. The molecule has 3 heteroatoms. The monoisotopic (exact) mass is 263 g/mol. The predicted octanol–water partition coefficient (Wildman–Crippen LogP) is 4.23. The zero-order chi connectivity index (χ0) is 13.3. The van der Waals surface area contributed by atoms with E-state index in [4.69, 9.17) is 5.73 Å². The van der Waals surface area contributed by atoms with Gasteiger partial charge in [-0.2, -0.15) is 0 Å². The first-order valence-electron chi connectivity index (χ1n) is 6.00. The van der Waals surface area contributed by atoms with E-state index in [0.717, 1.165) is 4.88 Å². The van der Waals surface area contributed by atoms with E-state index in [1.165, 1.54) is 10.9 Å². The lowest BCUT2D eigenvalue weighted by molar-refractivity contribution is 0.601. The Bertz CT molecular complexity index is 539. The van der Waals surface area contributed by atoms with Gasteiger partial charge in [0.25, 0.3) is 0 Å². The van der Waals surface area contributed by atoms with Gasteiger partial charge in [0.15, 0.2) is 0 Å². The topological polar surface area (TPSA) is 26.0 Å². The Hall–Kier alpha value is -1.19. The second-order valence-corrected chi connectivity index (χ2v) is 6.57. The molecule has 0 saturated carbocycles. The molecular weight excluding hydrogens is 245 g/mol. The third-order valence-corrected chi connectivity index (χ3v) is 4.51. The van der Waals surface area contributed by atoms with E-state index in [0.29, 0.717) is 5.56 Å².